The summed E-state index contributed by atoms with van der Waals surface area (Å²) in [6.45, 7) is 10.7. The molecule has 6 nitrogen and oxygen atoms in total. The van der Waals surface area contributed by atoms with Crippen molar-refractivity contribution in [3.8, 4) is 0 Å². The SMILES string of the molecule is CC(=O)c1c(C)[nH]c(C(=O)C(C)N2CCCN(c3nccs3)CC2)c1C. The van der Waals surface area contributed by atoms with Crippen LogP contribution in [0.1, 0.15) is 52.4 Å². The monoisotopic (exact) mass is 374 g/mol. The lowest BCUT2D eigenvalue weighted by atomic mass is 10.0. The maximum absolute atomic E-state index is 13.1. The van der Waals surface area contributed by atoms with Crippen LogP contribution in [0, 0.1) is 13.8 Å². The molecule has 1 fully saturated rings. The Labute approximate surface area is 158 Å². The highest BCUT2D eigenvalue weighted by Gasteiger charge is 2.28. The van der Waals surface area contributed by atoms with Crippen molar-refractivity contribution in [1.29, 1.82) is 0 Å². The number of aromatic nitrogens is 2. The molecule has 2 aromatic rings. The molecule has 0 aromatic carbocycles. The van der Waals surface area contributed by atoms with E-state index in [9.17, 15) is 9.59 Å². The summed E-state index contributed by atoms with van der Waals surface area (Å²) in [4.78, 5) is 37.0. The quantitative estimate of drug-likeness (QED) is 0.815. The van der Waals surface area contributed by atoms with Crippen LogP contribution < -0.4 is 4.90 Å². The van der Waals surface area contributed by atoms with E-state index < -0.39 is 0 Å². The number of H-pyrrole nitrogens is 1. The first kappa shape index (κ1) is 18.8. The molecular weight excluding hydrogens is 348 g/mol. The number of hydrogen-bond donors (Lipinski definition) is 1. The number of aryl methyl sites for hydroxylation is 1. The number of thiazole rings is 1. The van der Waals surface area contributed by atoms with Gasteiger partial charge in [0.15, 0.2) is 16.7 Å². The normalized spacial score (nSPS) is 17.2. The molecule has 0 radical (unpaired) electrons. The van der Waals surface area contributed by atoms with Gasteiger partial charge in [-0.1, -0.05) is 0 Å². The van der Waals surface area contributed by atoms with E-state index in [0.717, 1.165) is 49.0 Å². The summed E-state index contributed by atoms with van der Waals surface area (Å²) < 4.78 is 0. The van der Waals surface area contributed by atoms with Gasteiger partial charge >= 0.3 is 0 Å². The lowest BCUT2D eigenvalue weighted by Gasteiger charge is -2.26. The molecule has 2 aromatic heterocycles. The van der Waals surface area contributed by atoms with Crippen LogP contribution in [-0.4, -0.2) is 58.7 Å². The first-order valence-electron chi connectivity index (χ1n) is 9.03. The van der Waals surface area contributed by atoms with Gasteiger partial charge in [-0.25, -0.2) is 4.98 Å². The molecule has 0 spiro atoms. The van der Waals surface area contributed by atoms with Crippen molar-refractivity contribution in [2.24, 2.45) is 0 Å². The van der Waals surface area contributed by atoms with Crippen LogP contribution >= 0.6 is 11.3 Å². The number of nitrogens with zero attached hydrogens (tertiary/aromatic N) is 3. The molecular formula is C19H26N4O2S. The highest BCUT2D eigenvalue weighted by atomic mass is 32.1. The maximum Gasteiger partial charge on any atom is 0.196 e. The van der Waals surface area contributed by atoms with E-state index in [1.807, 2.05) is 32.3 Å². The van der Waals surface area contributed by atoms with E-state index in [1.165, 1.54) is 0 Å². The minimum absolute atomic E-state index is 0.00295. The molecule has 1 aliphatic heterocycles. The number of carbonyl (C=O) groups excluding carboxylic acids is 2. The fraction of sp³-hybridized carbons (Fsp3) is 0.526. The summed E-state index contributed by atoms with van der Waals surface area (Å²) in [5, 5.41) is 3.04. The average Bonchev–Trinajstić information content (AvgIpc) is 3.15. The zero-order valence-corrected chi connectivity index (χ0v) is 16.7. The van der Waals surface area contributed by atoms with Crippen LogP contribution in [0.4, 0.5) is 5.13 Å². The van der Waals surface area contributed by atoms with E-state index in [2.05, 4.69) is 19.8 Å². The summed E-state index contributed by atoms with van der Waals surface area (Å²) in [6, 6.07) is -0.220. The molecule has 3 rings (SSSR count). The van der Waals surface area contributed by atoms with Crippen molar-refractivity contribution in [2.45, 2.75) is 40.2 Å². The van der Waals surface area contributed by atoms with E-state index >= 15 is 0 Å². The largest absolute Gasteiger partial charge is 0.355 e. The second kappa shape index (κ2) is 7.72. The summed E-state index contributed by atoms with van der Waals surface area (Å²) in [6.07, 6.45) is 2.83. The lowest BCUT2D eigenvalue weighted by Crippen LogP contribution is -2.41. The summed E-state index contributed by atoms with van der Waals surface area (Å²) in [5.74, 6) is 0.0533. The van der Waals surface area contributed by atoms with E-state index in [-0.39, 0.29) is 17.6 Å². The third-order valence-electron chi connectivity index (χ3n) is 5.18. The third kappa shape index (κ3) is 3.59. The Morgan fingerprint density at radius 2 is 2.00 bits per heavy atom. The molecule has 1 atom stereocenters. The Morgan fingerprint density at radius 1 is 1.23 bits per heavy atom. The molecule has 0 saturated carbocycles. The van der Waals surface area contributed by atoms with Crippen LogP contribution in [0.3, 0.4) is 0 Å². The number of ketones is 2. The van der Waals surface area contributed by atoms with Gasteiger partial charge < -0.3 is 9.88 Å². The predicted molar refractivity (Wildman–Crippen MR) is 105 cm³/mol. The molecule has 1 saturated heterocycles. The van der Waals surface area contributed by atoms with E-state index in [0.29, 0.717) is 11.3 Å². The van der Waals surface area contributed by atoms with Gasteiger partial charge in [-0.15, -0.1) is 11.3 Å². The van der Waals surface area contributed by atoms with Gasteiger partial charge in [0.05, 0.1) is 11.7 Å². The number of rotatable bonds is 5. The highest BCUT2D eigenvalue weighted by molar-refractivity contribution is 7.13. The minimum Gasteiger partial charge on any atom is -0.355 e. The average molecular weight is 375 g/mol. The number of Topliss-reactive ketones (excluding diaryl/α,β-unsaturated/α-hetero) is 2. The fourth-order valence-corrected chi connectivity index (χ4v) is 4.48. The van der Waals surface area contributed by atoms with Gasteiger partial charge in [-0.2, -0.15) is 0 Å². The molecule has 7 heteroatoms. The second-order valence-electron chi connectivity index (χ2n) is 6.91. The number of hydrogen-bond acceptors (Lipinski definition) is 6. The van der Waals surface area contributed by atoms with Gasteiger partial charge in [0, 0.05) is 49.0 Å². The van der Waals surface area contributed by atoms with Crippen molar-refractivity contribution in [3.63, 3.8) is 0 Å². The molecule has 3 heterocycles. The van der Waals surface area contributed by atoms with Gasteiger partial charge in [0.1, 0.15) is 0 Å². The zero-order chi connectivity index (χ0) is 18.8. The van der Waals surface area contributed by atoms with E-state index in [4.69, 9.17) is 0 Å². The summed E-state index contributed by atoms with van der Waals surface area (Å²) in [5.41, 5.74) is 2.76. The fourth-order valence-electron chi connectivity index (χ4n) is 3.79. The second-order valence-corrected chi connectivity index (χ2v) is 7.79. The Morgan fingerprint density at radius 3 is 2.62 bits per heavy atom. The molecule has 1 aliphatic rings. The van der Waals surface area contributed by atoms with Gasteiger partial charge in [0.25, 0.3) is 0 Å². The molecule has 0 aliphatic carbocycles. The standard InChI is InChI=1S/C19H26N4O2S/c1-12-16(15(4)24)13(2)21-17(12)18(25)14(3)22-7-5-8-23(10-9-22)19-20-6-11-26-19/h6,11,14,21H,5,7-10H2,1-4H3. The first-order chi connectivity index (χ1) is 12.4. The van der Waals surface area contributed by atoms with Crippen molar-refractivity contribution in [2.75, 3.05) is 31.1 Å². The van der Waals surface area contributed by atoms with Crippen LogP contribution in [-0.2, 0) is 0 Å². The molecule has 140 valence electrons. The van der Waals surface area contributed by atoms with Crippen LogP contribution in [0.2, 0.25) is 0 Å². The van der Waals surface area contributed by atoms with Gasteiger partial charge in [-0.05, 0) is 39.7 Å². The third-order valence-corrected chi connectivity index (χ3v) is 6.02. The molecule has 1 unspecified atom stereocenters. The summed E-state index contributed by atoms with van der Waals surface area (Å²) >= 11 is 1.65. The van der Waals surface area contributed by atoms with Crippen molar-refractivity contribution < 1.29 is 9.59 Å². The van der Waals surface area contributed by atoms with Crippen molar-refractivity contribution in [1.82, 2.24) is 14.9 Å². The Balaban J connectivity index is 1.73. The summed E-state index contributed by atoms with van der Waals surface area (Å²) in [7, 11) is 0. The van der Waals surface area contributed by atoms with Gasteiger partial charge in [0.2, 0.25) is 0 Å². The van der Waals surface area contributed by atoms with E-state index in [1.54, 1.807) is 18.3 Å². The number of nitrogens with one attached hydrogen (secondary N) is 1. The topological polar surface area (TPSA) is 69.3 Å². The Kier molecular flexibility index (Phi) is 5.58. The smallest absolute Gasteiger partial charge is 0.196 e. The number of anilines is 1. The van der Waals surface area contributed by atoms with Crippen molar-refractivity contribution in [3.05, 3.63) is 34.1 Å². The highest BCUT2D eigenvalue weighted by Crippen LogP contribution is 2.23. The molecule has 0 bridgehead atoms. The lowest BCUT2D eigenvalue weighted by molar-refractivity contribution is 0.0841. The number of aromatic amines is 1. The van der Waals surface area contributed by atoms with Crippen molar-refractivity contribution >= 4 is 28.0 Å². The molecule has 0 amide bonds. The van der Waals surface area contributed by atoms with Crippen LogP contribution in [0.15, 0.2) is 11.6 Å². The Hall–Kier alpha value is -1.99. The van der Waals surface area contributed by atoms with Gasteiger partial charge in [-0.3, -0.25) is 14.5 Å². The maximum atomic E-state index is 13.1. The number of carbonyl (C=O) groups is 2. The molecule has 1 N–H and O–H groups in total. The van der Waals surface area contributed by atoms with Crippen LogP contribution in [0.25, 0.3) is 0 Å². The predicted octanol–water partition coefficient (Wildman–Crippen LogP) is 3.07. The molecule has 26 heavy (non-hydrogen) atoms. The minimum atomic E-state index is -0.220. The first-order valence-corrected chi connectivity index (χ1v) is 9.91. The zero-order valence-electron chi connectivity index (χ0n) is 15.8. The van der Waals surface area contributed by atoms with Crippen LogP contribution in [0.5, 0.6) is 0 Å². The Bertz CT molecular complexity index is 797.